The topological polar surface area (TPSA) is 59.4 Å². The highest BCUT2D eigenvalue weighted by Gasteiger charge is 2.09. The van der Waals surface area contributed by atoms with Crippen molar-refractivity contribution in [3.63, 3.8) is 0 Å². The molecule has 0 atom stereocenters. The molecule has 1 aromatic carbocycles. The van der Waals surface area contributed by atoms with Crippen molar-refractivity contribution in [1.29, 1.82) is 0 Å². The molecule has 0 saturated heterocycles. The van der Waals surface area contributed by atoms with Crippen LogP contribution in [0.15, 0.2) is 24.3 Å². The Morgan fingerprint density at radius 2 is 2.05 bits per heavy atom. The van der Waals surface area contributed by atoms with E-state index in [9.17, 15) is 4.79 Å². The minimum absolute atomic E-state index is 0.166. The Balaban J connectivity index is 1.78. The fourth-order valence-electron chi connectivity index (χ4n) is 2.17. The van der Waals surface area contributed by atoms with Gasteiger partial charge < -0.3 is 9.84 Å². The predicted octanol–water partition coefficient (Wildman–Crippen LogP) is 3.79. The van der Waals surface area contributed by atoms with Gasteiger partial charge in [-0.15, -0.1) is 11.3 Å². The molecule has 0 radical (unpaired) electrons. The van der Waals surface area contributed by atoms with Crippen LogP contribution in [0, 0.1) is 13.8 Å². The third-order valence-corrected chi connectivity index (χ3v) is 4.67. The predicted molar refractivity (Wildman–Crippen MR) is 87.8 cm³/mol. The van der Waals surface area contributed by atoms with Gasteiger partial charge in [0.25, 0.3) is 0 Å². The van der Waals surface area contributed by atoms with Crippen molar-refractivity contribution in [2.75, 3.05) is 6.61 Å². The summed E-state index contributed by atoms with van der Waals surface area (Å²) in [5.41, 5.74) is 2.10. The van der Waals surface area contributed by atoms with Crippen LogP contribution < -0.4 is 4.74 Å². The number of rotatable bonds is 8. The summed E-state index contributed by atoms with van der Waals surface area (Å²) in [5, 5.41) is 9.81. The molecule has 4 nitrogen and oxygen atoms in total. The third kappa shape index (κ3) is 4.84. The zero-order valence-electron chi connectivity index (χ0n) is 13.0. The van der Waals surface area contributed by atoms with Crippen LogP contribution in [0.4, 0.5) is 0 Å². The summed E-state index contributed by atoms with van der Waals surface area (Å²) in [6, 6.07) is 7.99. The molecule has 0 spiro atoms. The van der Waals surface area contributed by atoms with E-state index in [0.29, 0.717) is 13.0 Å². The van der Waals surface area contributed by atoms with Gasteiger partial charge in [-0.3, -0.25) is 4.79 Å². The van der Waals surface area contributed by atoms with E-state index in [1.54, 1.807) is 11.3 Å². The summed E-state index contributed by atoms with van der Waals surface area (Å²) < 4.78 is 5.77. The Hall–Kier alpha value is -1.88. The molecule has 0 bridgehead atoms. The first-order valence-corrected chi connectivity index (χ1v) is 8.23. The van der Waals surface area contributed by atoms with E-state index in [1.807, 2.05) is 38.1 Å². The molecule has 1 heterocycles. The number of carbonyl (C=O) groups is 1. The van der Waals surface area contributed by atoms with E-state index in [0.717, 1.165) is 39.7 Å². The summed E-state index contributed by atoms with van der Waals surface area (Å²) in [4.78, 5) is 16.2. The van der Waals surface area contributed by atoms with Crippen molar-refractivity contribution in [3.8, 4) is 5.75 Å². The molecule has 118 valence electrons. The molecule has 0 aliphatic rings. The average Bonchev–Trinajstić information content (AvgIpc) is 2.83. The van der Waals surface area contributed by atoms with E-state index in [2.05, 4.69) is 4.98 Å². The molecule has 1 aromatic heterocycles. The number of para-hydroxylation sites is 1. The van der Waals surface area contributed by atoms with Gasteiger partial charge in [-0.25, -0.2) is 4.98 Å². The summed E-state index contributed by atoms with van der Waals surface area (Å²) in [7, 11) is 0. The maximum absolute atomic E-state index is 10.6. The monoisotopic (exact) mass is 319 g/mol. The zero-order valence-corrected chi connectivity index (χ0v) is 13.8. The maximum atomic E-state index is 10.6. The minimum Gasteiger partial charge on any atom is -0.493 e. The lowest BCUT2D eigenvalue weighted by atomic mass is 10.2. The lowest BCUT2D eigenvalue weighted by Gasteiger charge is -2.07. The lowest BCUT2D eigenvalue weighted by Crippen LogP contribution is -2.00. The molecule has 22 heavy (non-hydrogen) atoms. The Morgan fingerprint density at radius 1 is 1.27 bits per heavy atom. The molecular formula is C17H21NO3S. The fourth-order valence-corrected chi connectivity index (χ4v) is 3.28. The van der Waals surface area contributed by atoms with E-state index in [-0.39, 0.29) is 6.42 Å². The average molecular weight is 319 g/mol. The van der Waals surface area contributed by atoms with Gasteiger partial charge in [0.2, 0.25) is 0 Å². The number of aromatic nitrogens is 1. The first-order chi connectivity index (χ1) is 10.6. The van der Waals surface area contributed by atoms with Crippen molar-refractivity contribution in [1.82, 2.24) is 4.98 Å². The highest BCUT2D eigenvalue weighted by molar-refractivity contribution is 7.11. The van der Waals surface area contributed by atoms with E-state index in [1.165, 1.54) is 0 Å². The number of carboxylic acids is 1. The highest BCUT2D eigenvalue weighted by atomic mass is 32.1. The highest BCUT2D eigenvalue weighted by Crippen LogP contribution is 2.21. The van der Waals surface area contributed by atoms with E-state index in [4.69, 9.17) is 9.84 Å². The van der Waals surface area contributed by atoms with Crippen LogP contribution in [0.1, 0.15) is 34.0 Å². The summed E-state index contributed by atoms with van der Waals surface area (Å²) in [6.07, 6.45) is 2.50. The van der Waals surface area contributed by atoms with Crippen molar-refractivity contribution in [2.24, 2.45) is 0 Å². The summed E-state index contributed by atoms with van der Waals surface area (Å²) in [6.45, 7) is 4.64. The molecule has 2 aromatic rings. The number of carboxylic acid groups (broad SMARTS) is 1. The molecule has 1 N–H and O–H groups in total. The van der Waals surface area contributed by atoms with Gasteiger partial charge in [-0.1, -0.05) is 18.2 Å². The van der Waals surface area contributed by atoms with Gasteiger partial charge in [-0.05, 0) is 38.3 Å². The fraction of sp³-hybridized carbons (Fsp3) is 0.412. The molecule has 0 aliphatic carbocycles. The van der Waals surface area contributed by atoms with Gasteiger partial charge in [-0.2, -0.15) is 0 Å². The molecule has 0 aliphatic heterocycles. The van der Waals surface area contributed by atoms with E-state index < -0.39 is 5.97 Å². The van der Waals surface area contributed by atoms with Crippen molar-refractivity contribution < 1.29 is 14.6 Å². The number of hydrogen-bond donors (Lipinski definition) is 1. The van der Waals surface area contributed by atoms with Crippen LogP contribution in [0.2, 0.25) is 0 Å². The Morgan fingerprint density at radius 3 is 2.77 bits per heavy atom. The standard InChI is InChI=1S/C17H21NO3S/c1-12-6-3-4-7-14(12)21-11-5-8-16-18-13(2)15(22-16)9-10-17(19)20/h3-4,6-7H,5,8-11H2,1-2H3,(H,19,20). The minimum atomic E-state index is -0.763. The second-order valence-corrected chi connectivity index (χ2v) is 6.40. The molecule has 0 fully saturated rings. The number of aryl methyl sites for hydroxylation is 4. The molecule has 0 amide bonds. The summed E-state index contributed by atoms with van der Waals surface area (Å²) >= 11 is 1.62. The lowest BCUT2D eigenvalue weighted by molar-refractivity contribution is -0.136. The molecule has 2 rings (SSSR count). The number of ether oxygens (including phenoxy) is 1. The Kier molecular flexibility index (Phi) is 5.95. The van der Waals surface area contributed by atoms with Crippen LogP contribution >= 0.6 is 11.3 Å². The smallest absolute Gasteiger partial charge is 0.303 e. The van der Waals surface area contributed by atoms with Crippen molar-refractivity contribution in [2.45, 2.75) is 39.5 Å². The summed E-state index contributed by atoms with van der Waals surface area (Å²) in [5.74, 6) is 0.168. The second kappa shape index (κ2) is 7.94. The quantitative estimate of drug-likeness (QED) is 0.752. The van der Waals surface area contributed by atoms with E-state index >= 15 is 0 Å². The molecule has 0 unspecified atom stereocenters. The number of nitrogens with zero attached hydrogens (tertiary/aromatic N) is 1. The van der Waals surface area contributed by atoms with Crippen LogP contribution in [-0.4, -0.2) is 22.7 Å². The normalized spacial score (nSPS) is 10.6. The zero-order chi connectivity index (χ0) is 15.9. The Labute approximate surface area is 134 Å². The molecular weight excluding hydrogens is 298 g/mol. The van der Waals surface area contributed by atoms with Gasteiger partial charge in [0.05, 0.1) is 23.7 Å². The van der Waals surface area contributed by atoms with Gasteiger partial charge in [0.1, 0.15) is 5.75 Å². The Bertz CT molecular complexity index is 637. The van der Waals surface area contributed by atoms with Gasteiger partial charge in [0.15, 0.2) is 0 Å². The first kappa shape index (κ1) is 16.5. The van der Waals surface area contributed by atoms with Gasteiger partial charge >= 0.3 is 5.97 Å². The third-order valence-electron chi connectivity index (χ3n) is 3.39. The number of thiazole rings is 1. The van der Waals surface area contributed by atoms with Crippen LogP contribution in [0.5, 0.6) is 5.75 Å². The van der Waals surface area contributed by atoms with Crippen molar-refractivity contribution >= 4 is 17.3 Å². The number of benzene rings is 1. The number of aliphatic carboxylic acids is 1. The maximum Gasteiger partial charge on any atom is 0.303 e. The first-order valence-electron chi connectivity index (χ1n) is 7.41. The van der Waals surface area contributed by atoms with Crippen LogP contribution in [0.25, 0.3) is 0 Å². The largest absolute Gasteiger partial charge is 0.493 e. The number of hydrogen-bond acceptors (Lipinski definition) is 4. The van der Waals surface area contributed by atoms with Crippen molar-refractivity contribution in [3.05, 3.63) is 45.4 Å². The second-order valence-electron chi connectivity index (χ2n) is 5.23. The molecule has 5 heteroatoms. The van der Waals surface area contributed by atoms with Crippen LogP contribution in [-0.2, 0) is 17.6 Å². The van der Waals surface area contributed by atoms with Crippen LogP contribution in [0.3, 0.4) is 0 Å². The molecule has 0 saturated carbocycles. The SMILES string of the molecule is Cc1ccccc1OCCCc1nc(C)c(CCC(=O)O)s1. The van der Waals surface area contributed by atoms with Gasteiger partial charge in [0, 0.05) is 11.3 Å².